The zero-order chi connectivity index (χ0) is 14.0. The van der Waals surface area contributed by atoms with Gasteiger partial charge in [-0.05, 0) is 45.0 Å². The summed E-state index contributed by atoms with van der Waals surface area (Å²) in [7, 11) is 2.11. The lowest BCUT2D eigenvalue weighted by Gasteiger charge is -2.24. The molecule has 0 saturated heterocycles. The van der Waals surface area contributed by atoms with Crippen molar-refractivity contribution in [2.24, 2.45) is 0 Å². The van der Waals surface area contributed by atoms with Crippen LogP contribution in [0.3, 0.4) is 0 Å². The zero-order valence-electron chi connectivity index (χ0n) is 11.3. The molecule has 1 aromatic carbocycles. The van der Waals surface area contributed by atoms with Crippen LogP contribution in [0.15, 0.2) is 22.7 Å². The summed E-state index contributed by atoms with van der Waals surface area (Å²) in [5.41, 5.74) is 6.85. The first-order valence-corrected chi connectivity index (χ1v) is 7.33. The lowest BCUT2D eigenvalue weighted by molar-refractivity contribution is 0.0940. The fourth-order valence-electron chi connectivity index (χ4n) is 2.05. The molecule has 19 heavy (non-hydrogen) atoms. The molecule has 0 heterocycles. The highest BCUT2D eigenvalue weighted by atomic mass is 79.9. The third-order valence-corrected chi connectivity index (χ3v) is 4.13. The van der Waals surface area contributed by atoms with Gasteiger partial charge in [-0.3, -0.25) is 9.69 Å². The second kappa shape index (κ2) is 5.92. The van der Waals surface area contributed by atoms with E-state index in [1.54, 1.807) is 12.1 Å². The van der Waals surface area contributed by atoms with Gasteiger partial charge in [0.25, 0.3) is 5.91 Å². The van der Waals surface area contributed by atoms with E-state index < -0.39 is 0 Å². The van der Waals surface area contributed by atoms with Crippen LogP contribution in [0.1, 0.15) is 30.1 Å². The van der Waals surface area contributed by atoms with Crippen LogP contribution in [0.2, 0.25) is 0 Å². The minimum absolute atomic E-state index is 0.116. The van der Waals surface area contributed by atoms with Crippen molar-refractivity contribution in [2.75, 3.05) is 19.3 Å². The van der Waals surface area contributed by atoms with Crippen LogP contribution >= 0.6 is 15.9 Å². The fraction of sp³-hybridized carbons (Fsp3) is 0.500. The van der Waals surface area contributed by atoms with Crippen molar-refractivity contribution in [3.8, 4) is 0 Å². The first kappa shape index (κ1) is 14.3. The highest BCUT2D eigenvalue weighted by molar-refractivity contribution is 9.10. The van der Waals surface area contributed by atoms with E-state index >= 15 is 0 Å². The van der Waals surface area contributed by atoms with Crippen molar-refractivity contribution in [1.82, 2.24) is 10.2 Å². The Morgan fingerprint density at radius 2 is 2.26 bits per heavy atom. The number of hydrogen-bond acceptors (Lipinski definition) is 3. The standard InChI is InChI=1S/C14H20BrN3O/c1-9(18(2)11-4-5-11)8-17-14(19)12-7-10(15)3-6-13(12)16/h3,6-7,9,11H,4-5,8,16H2,1-2H3,(H,17,19). The van der Waals surface area contributed by atoms with Gasteiger partial charge in [-0.15, -0.1) is 0 Å². The third kappa shape index (κ3) is 3.70. The fourth-order valence-corrected chi connectivity index (χ4v) is 2.41. The molecule has 2 rings (SSSR count). The molecule has 0 bridgehead atoms. The Balaban J connectivity index is 1.91. The Morgan fingerprint density at radius 1 is 1.58 bits per heavy atom. The molecule has 1 aliphatic carbocycles. The molecule has 0 aromatic heterocycles. The summed E-state index contributed by atoms with van der Waals surface area (Å²) < 4.78 is 0.856. The summed E-state index contributed by atoms with van der Waals surface area (Å²) >= 11 is 3.35. The molecule has 1 aliphatic rings. The second-order valence-corrected chi connectivity index (χ2v) is 6.10. The van der Waals surface area contributed by atoms with Gasteiger partial charge in [0.2, 0.25) is 0 Å². The number of benzene rings is 1. The maximum atomic E-state index is 12.1. The number of carbonyl (C=O) groups is 1. The van der Waals surface area contributed by atoms with Gasteiger partial charge < -0.3 is 11.1 Å². The van der Waals surface area contributed by atoms with E-state index in [4.69, 9.17) is 5.73 Å². The van der Waals surface area contributed by atoms with Crippen LogP contribution in [-0.4, -0.2) is 36.5 Å². The molecule has 0 radical (unpaired) electrons. The molecule has 1 aromatic rings. The van der Waals surface area contributed by atoms with E-state index in [2.05, 4.69) is 40.1 Å². The number of carbonyl (C=O) groups excluding carboxylic acids is 1. The highest BCUT2D eigenvalue weighted by Crippen LogP contribution is 2.26. The SMILES string of the molecule is CC(CNC(=O)c1cc(Br)ccc1N)N(C)C1CC1. The van der Waals surface area contributed by atoms with Gasteiger partial charge in [0.15, 0.2) is 0 Å². The third-order valence-electron chi connectivity index (χ3n) is 3.64. The Hall–Kier alpha value is -1.07. The number of nitrogens with two attached hydrogens (primary N) is 1. The van der Waals surface area contributed by atoms with Crippen molar-refractivity contribution in [3.05, 3.63) is 28.2 Å². The summed E-state index contributed by atoms with van der Waals surface area (Å²) in [4.78, 5) is 14.4. The van der Waals surface area contributed by atoms with Crippen molar-refractivity contribution in [1.29, 1.82) is 0 Å². The minimum atomic E-state index is -0.116. The minimum Gasteiger partial charge on any atom is -0.398 e. The predicted octanol–water partition coefficient (Wildman–Crippen LogP) is 2.24. The number of halogens is 1. The molecule has 1 fully saturated rings. The number of rotatable bonds is 5. The Kier molecular flexibility index (Phi) is 4.47. The number of nitrogens with zero attached hydrogens (tertiary/aromatic N) is 1. The van der Waals surface area contributed by atoms with E-state index in [0.29, 0.717) is 29.9 Å². The summed E-state index contributed by atoms with van der Waals surface area (Å²) in [6, 6.07) is 6.35. The molecule has 0 aliphatic heterocycles. The molecule has 104 valence electrons. The van der Waals surface area contributed by atoms with Crippen molar-refractivity contribution in [3.63, 3.8) is 0 Å². The molecule has 0 spiro atoms. The monoisotopic (exact) mass is 325 g/mol. The summed E-state index contributed by atoms with van der Waals surface area (Å²) in [5.74, 6) is -0.116. The van der Waals surface area contributed by atoms with Crippen LogP contribution < -0.4 is 11.1 Å². The average Bonchev–Trinajstić information content (AvgIpc) is 3.21. The first-order valence-electron chi connectivity index (χ1n) is 6.54. The summed E-state index contributed by atoms with van der Waals surface area (Å²) in [6.45, 7) is 2.76. The van der Waals surface area contributed by atoms with Gasteiger partial charge in [-0.25, -0.2) is 0 Å². The van der Waals surface area contributed by atoms with Gasteiger partial charge in [0, 0.05) is 28.8 Å². The Bertz CT molecular complexity index is 474. The molecule has 5 heteroatoms. The van der Waals surface area contributed by atoms with Crippen molar-refractivity contribution < 1.29 is 4.79 Å². The number of nitrogen functional groups attached to an aromatic ring is 1. The molecule has 1 amide bonds. The quantitative estimate of drug-likeness (QED) is 0.816. The van der Waals surface area contributed by atoms with Crippen LogP contribution in [-0.2, 0) is 0 Å². The zero-order valence-corrected chi connectivity index (χ0v) is 12.9. The topological polar surface area (TPSA) is 58.4 Å². The van der Waals surface area contributed by atoms with E-state index in [-0.39, 0.29) is 5.91 Å². The molecule has 1 unspecified atom stereocenters. The van der Waals surface area contributed by atoms with Crippen molar-refractivity contribution in [2.45, 2.75) is 31.8 Å². The normalized spacial score (nSPS) is 16.4. The van der Waals surface area contributed by atoms with Crippen LogP contribution in [0, 0.1) is 0 Å². The molecule has 4 nitrogen and oxygen atoms in total. The lowest BCUT2D eigenvalue weighted by atomic mass is 10.1. The van der Waals surface area contributed by atoms with Gasteiger partial charge in [-0.2, -0.15) is 0 Å². The second-order valence-electron chi connectivity index (χ2n) is 5.19. The number of nitrogens with one attached hydrogen (secondary N) is 1. The number of hydrogen-bond donors (Lipinski definition) is 2. The Labute approximate surface area is 122 Å². The largest absolute Gasteiger partial charge is 0.398 e. The van der Waals surface area contributed by atoms with Gasteiger partial charge in [0.1, 0.15) is 0 Å². The number of anilines is 1. The average molecular weight is 326 g/mol. The highest BCUT2D eigenvalue weighted by Gasteiger charge is 2.29. The Morgan fingerprint density at radius 3 is 2.89 bits per heavy atom. The van der Waals surface area contributed by atoms with Gasteiger partial charge >= 0.3 is 0 Å². The van der Waals surface area contributed by atoms with E-state index in [9.17, 15) is 4.79 Å². The number of likely N-dealkylation sites (N-methyl/N-ethyl adjacent to an activating group) is 1. The molecule has 1 saturated carbocycles. The van der Waals surface area contributed by atoms with Crippen LogP contribution in [0.25, 0.3) is 0 Å². The smallest absolute Gasteiger partial charge is 0.253 e. The maximum Gasteiger partial charge on any atom is 0.253 e. The molecular weight excluding hydrogens is 306 g/mol. The van der Waals surface area contributed by atoms with Gasteiger partial charge in [0.05, 0.1) is 5.56 Å². The number of amides is 1. The maximum absolute atomic E-state index is 12.1. The van der Waals surface area contributed by atoms with Crippen LogP contribution in [0.4, 0.5) is 5.69 Å². The van der Waals surface area contributed by atoms with E-state index in [0.717, 1.165) is 4.47 Å². The van der Waals surface area contributed by atoms with Crippen molar-refractivity contribution >= 4 is 27.5 Å². The first-order chi connectivity index (χ1) is 8.99. The predicted molar refractivity (Wildman–Crippen MR) is 81.1 cm³/mol. The lowest BCUT2D eigenvalue weighted by Crippen LogP contribution is -2.41. The van der Waals surface area contributed by atoms with E-state index in [1.807, 2.05) is 6.07 Å². The molecular formula is C14H20BrN3O. The van der Waals surface area contributed by atoms with E-state index in [1.165, 1.54) is 12.8 Å². The molecule has 1 atom stereocenters. The molecule has 3 N–H and O–H groups in total. The summed E-state index contributed by atoms with van der Waals surface area (Å²) in [5, 5.41) is 2.95. The van der Waals surface area contributed by atoms with Crippen LogP contribution in [0.5, 0.6) is 0 Å². The summed E-state index contributed by atoms with van der Waals surface area (Å²) in [6.07, 6.45) is 2.54. The van der Waals surface area contributed by atoms with Gasteiger partial charge in [-0.1, -0.05) is 15.9 Å².